The van der Waals surface area contributed by atoms with E-state index in [1.807, 2.05) is 60.7 Å². The van der Waals surface area contributed by atoms with Crippen LogP contribution in [0.5, 0.6) is 0 Å². The summed E-state index contributed by atoms with van der Waals surface area (Å²) in [4.78, 5) is 9.23. The highest BCUT2D eigenvalue weighted by Crippen LogP contribution is 2.28. The highest BCUT2D eigenvalue weighted by Gasteiger charge is 2.09. The van der Waals surface area contributed by atoms with Gasteiger partial charge in [0.05, 0.1) is 11.0 Å². The van der Waals surface area contributed by atoms with E-state index in [9.17, 15) is 0 Å². The number of hydrogen-bond donors (Lipinski definition) is 0. The van der Waals surface area contributed by atoms with E-state index in [0.29, 0.717) is 10.8 Å². The fraction of sp³-hybridized carbons (Fsp3) is 0. The van der Waals surface area contributed by atoms with E-state index in [4.69, 9.17) is 11.6 Å². The molecule has 0 spiro atoms. The highest BCUT2D eigenvalue weighted by molar-refractivity contribution is 6.32. The molecule has 0 amide bonds. The fourth-order valence-electron chi connectivity index (χ4n) is 2.62. The van der Waals surface area contributed by atoms with Crippen molar-refractivity contribution in [1.29, 1.82) is 0 Å². The molecule has 0 aliphatic carbocycles. The van der Waals surface area contributed by atoms with E-state index in [2.05, 4.69) is 28.2 Å². The molecule has 1 heterocycles. The van der Waals surface area contributed by atoms with Gasteiger partial charge >= 0.3 is 0 Å². The van der Waals surface area contributed by atoms with Gasteiger partial charge < -0.3 is 0 Å². The molecule has 110 valence electrons. The summed E-state index contributed by atoms with van der Waals surface area (Å²) in [5.41, 5.74) is 5.59. The fourth-order valence-corrected chi connectivity index (χ4v) is 2.87. The molecule has 0 aliphatic rings. The topological polar surface area (TPSA) is 25.8 Å². The molecule has 2 nitrogen and oxygen atoms in total. The summed E-state index contributed by atoms with van der Waals surface area (Å²) >= 11 is 6.36. The Morgan fingerprint density at radius 3 is 1.91 bits per heavy atom. The van der Waals surface area contributed by atoms with Crippen LogP contribution in [0.25, 0.3) is 33.4 Å². The molecule has 0 saturated heterocycles. The zero-order chi connectivity index (χ0) is 15.6. The van der Waals surface area contributed by atoms with Crippen LogP contribution in [-0.2, 0) is 0 Å². The van der Waals surface area contributed by atoms with Crippen LogP contribution < -0.4 is 0 Å². The summed E-state index contributed by atoms with van der Waals surface area (Å²) in [6.07, 6.45) is 0. The Labute approximate surface area is 139 Å². The summed E-state index contributed by atoms with van der Waals surface area (Å²) in [6, 6.07) is 26.2. The Hall–Kier alpha value is -2.71. The minimum atomic E-state index is 0.425. The number of aromatic nitrogens is 2. The van der Waals surface area contributed by atoms with Crippen LogP contribution >= 0.6 is 11.6 Å². The summed E-state index contributed by atoms with van der Waals surface area (Å²) in [7, 11) is 0. The molecule has 4 aromatic rings. The third-order valence-corrected chi connectivity index (χ3v) is 4.04. The standard InChI is InChI=1S/C20H13ClN2/c21-20-19(15-9-5-2-6-10-15)22-17-12-11-16(13-18(17)23-20)14-7-3-1-4-8-14/h1-13H. The van der Waals surface area contributed by atoms with Gasteiger partial charge in [-0.2, -0.15) is 0 Å². The molecule has 3 aromatic carbocycles. The van der Waals surface area contributed by atoms with Crippen LogP contribution in [-0.4, -0.2) is 9.97 Å². The Morgan fingerprint density at radius 1 is 0.565 bits per heavy atom. The van der Waals surface area contributed by atoms with E-state index in [1.165, 1.54) is 0 Å². The van der Waals surface area contributed by atoms with Crippen LogP contribution in [0.15, 0.2) is 78.9 Å². The first kappa shape index (κ1) is 13.9. The summed E-state index contributed by atoms with van der Waals surface area (Å²) in [5.74, 6) is 0. The largest absolute Gasteiger partial charge is 0.243 e. The summed E-state index contributed by atoms with van der Waals surface area (Å²) < 4.78 is 0. The van der Waals surface area contributed by atoms with Gasteiger partial charge in [0, 0.05) is 5.56 Å². The number of rotatable bonds is 2. The van der Waals surface area contributed by atoms with Crippen molar-refractivity contribution >= 4 is 22.6 Å². The lowest BCUT2D eigenvalue weighted by Gasteiger charge is -2.07. The molecule has 1 aromatic heterocycles. The number of halogens is 1. The second kappa shape index (κ2) is 5.82. The van der Waals surface area contributed by atoms with Crippen molar-refractivity contribution in [1.82, 2.24) is 9.97 Å². The number of fused-ring (bicyclic) bond motifs is 1. The van der Waals surface area contributed by atoms with Crippen molar-refractivity contribution in [2.75, 3.05) is 0 Å². The van der Waals surface area contributed by atoms with Gasteiger partial charge in [0.2, 0.25) is 0 Å². The van der Waals surface area contributed by atoms with Crippen molar-refractivity contribution in [2.24, 2.45) is 0 Å². The molecule has 4 rings (SSSR count). The first-order valence-electron chi connectivity index (χ1n) is 7.39. The molecule has 0 bridgehead atoms. The van der Waals surface area contributed by atoms with E-state index in [1.54, 1.807) is 0 Å². The van der Waals surface area contributed by atoms with Crippen LogP contribution in [0.4, 0.5) is 0 Å². The van der Waals surface area contributed by atoms with Crippen molar-refractivity contribution in [3.63, 3.8) is 0 Å². The maximum Gasteiger partial charge on any atom is 0.156 e. The molecule has 0 fully saturated rings. The Balaban J connectivity index is 1.86. The molecule has 0 N–H and O–H groups in total. The van der Waals surface area contributed by atoms with Gasteiger partial charge in [-0.25, -0.2) is 9.97 Å². The molecule has 0 aliphatic heterocycles. The monoisotopic (exact) mass is 316 g/mol. The molecule has 23 heavy (non-hydrogen) atoms. The summed E-state index contributed by atoms with van der Waals surface area (Å²) in [6.45, 7) is 0. The normalized spacial score (nSPS) is 10.8. The summed E-state index contributed by atoms with van der Waals surface area (Å²) in [5, 5.41) is 0.425. The highest BCUT2D eigenvalue weighted by atomic mass is 35.5. The van der Waals surface area contributed by atoms with Crippen LogP contribution in [0.1, 0.15) is 0 Å². The zero-order valence-corrected chi connectivity index (χ0v) is 13.0. The Morgan fingerprint density at radius 2 is 1.22 bits per heavy atom. The lowest BCUT2D eigenvalue weighted by Crippen LogP contribution is -1.92. The number of nitrogens with zero attached hydrogens (tertiary/aromatic N) is 2. The third kappa shape index (κ3) is 2.69. The minimum absolute atomic E-state index is 0.425. The second-order valence-electron chi connectivity index (χ2n) is 5.30. The number of benzene rings is 3. The second-order valence-corrected chi connectivity index (χ2v) is 5.66. The van der Waals surface area contributed by atoms with Gasteiger partial charge in [-0.05, 0) is 23.3 Å². The quantitative estimate of drug-likeness (QED) is 0.480. The molecular formula is C20H13ClN2. The predicted octanol–water partition coefficient (Wildman–Crippen LogP) is 5.62. The molecule has 0 unspecified atom stereocenters. The zero-order valence-electron chi connectivity index (χ0n) is 12.3. The van der Waals surface area contributed by atoms with Crippen molar-refractivity contribution in [2.45, 2.75) is 0 Å². The molecule has 0 atom stereocenters. The smallest absolute Gasteiger partial charge is 0.156 e. The van der Waals surface area contributed by atoms with Gasteiger partial charge in [0.1, 0.15) is 5.69 Å². The van der Waals surface area contributed by atoms with Crippen LogP contribution in [0.2, 0.25) is 5.15 Å². The lowest BCUT2D eigenvalue weighted by molar-refractivity contribution is 1.29. The Kier molecular flexibility index (Phi) is 3.52. The molecule has 0 radical (unpaired) electrons. The van der Waals surface area contributed by atoms with Crippen molar-refractivity contribution < 1.29 is 0 Å². The van der Waals surface area contributed by atoms with Crippen molar-refractivity contribution in [3.8, 4) is 22.4 Å². The average molecular weight is 317 g/mol. The van der Waals surface area contributed by atoms with Crippen molar-refractivity contribution in [3.05, 3.63) is 84.0 Å². The molecular weight excluding hydrogens is 304 g/mol. The first-order valence-corrected chi connectivity index (χ1v) is 7.77. The number of hydrogen-bond acceptors (Lipinski definition) is 2. The Bertz CT molecular complexity index is 967. The van der Waals surface area contributed by atoms with Gasteiger partial charge in [-0.1, -0.05) is 78.3 Å². The first-order chi connectivity index (χ1) is 11.3. The van der Waals surface area contributed by atoms with Gasteiger partial charge in [-0.3, -0.25) is 0 Å². The minimum Gasteiger partial charge on any atom is -0.243 e. The lowest BCUT2D eigenvalue weighted by atomic mass is 10.0. The maximum atomic E-state index is 6.36. The SMILES string of the molecule is Clc1nc2cc(-c3ccccc3)ccc2nc1-c1ccccc1. The molecule has 3 heteroatoms. The van der Waals surface area contributed by atoms with Gasteiger partial charge in [0.25, 0.3) is 0 Å². The van der Waals surface area contributed by atoms with Crippen LogP contribution in [0, 0.1) is 0 Å². The van der Waals surface area contributed by atoms with Crippen LogP contribution in [0.3, 0.4) is 0 Å². The van der Waals surface area contributed by atoms with E-state index < -0.39 is 0 Å². The average Bonchev–Trinajstić information content (AvgIpc) is 2.62. The predicted molar refractivity (Wildman–Crippen MR) is 95.4 cm³/mol. The van der Waals surface area contributed by atoms with Gasteiger partial charge in [-0.15, -0.1) is 0 Å². The third-order valence-electron chi connectivity index (χ3n) is 3.78. The van der Waals surface area contributed by atoms with E-state index >= 15 is 0 Å². The van der Waals surface area contributed by atoms with E-state index in [0.717, 1.165) is 27.7 Å². The van der Waals surface area contributed by atoms with Gasteiger partial charge in [0.15, 0.2) is 5.15 Å². The molecule has 0 saturated carbocycles. The maximum absolute atomic E-state index is 6.36. The van der Waals surface area contributed by atoms with E-state index in [-0.39, 0.29) is 0 Å².